The van der Waals surface area contributed by atoms with Gasteiger partial charge in [-0.1, -0.05) is 43.4 Å². The number of carbonyl (C=O) groups excluding carboxylic acids is 3. The molecular formula is C23H34O5. The highest BCUT2D eigenvalue weighted by molar-refractivity contribution is 6.01. The van der Waals surface area contributed by atoms with Gasteiger partial charge in [-0.25, -0.2) is 4.79 Å². The van der Waals surface area contributed by atoms with Crippen LogP contribution in [0.2, 0.25) is 0 Å². The van der Waals surface area contributed by atoms with Crippen LogP contribution in [0.1, 0.15) is 65.2 Å². The van der Waals surface area contributed by atoms with E-state index in [4.69, 9.17) is 0 Å². The molecule has 1 saturated carbocycles. The number of rotatable bonds is 13. The standard InChI is InChI=1S/C23H34O5/c1-3-5-6-7-8-10-13-18-16-17-20(24)19(18)14-11-9-12-15-21(25)22(26)23(27)28-4-2/h5-6,9-11,13,18-19,22,26H,3-4,7-8,12,14-17H2,1-2H3/t18-,19+,22?/m0/s1. The van der Waals surface area contributed by atoms with Crippen molar-refractivity contribution < 1.29 is 24.2 Å². The molecule has 28 heavy (non-hydrogen) atoms. The predicted octanol–water partition coefficient (Wildman–Crippen LogP) is 4.10. The van der Waals surface area contributed by atoms with Crippen molar-refractivity contribution in [3.05, 3.63) is 36.5 Å². The highest BCUT2D eigenvalue weighted by Crippen LogP contribution is 2.32. The first-order valence-electron chi connectivity index (χ1n) is 10.4. The summed E-state index contributed by atoms with van der Waals surface area (Å²) in [6.45, 7) is 3.87. The Labute approximate surface area is 168 Å². The number of unbranched alkanes of at least 4 members (excludes halogenated alkanes) is 1. The van der Waals surface area contributed by atoms with Gasteiger partial charge >= 0.3 is 5.97 Å². The fraction of sp³-hybridized carbons (Fsp3) is 0.609. The second-order valence-corrected chi connectivity index (χ2v) is 7.03. The number of hydrogen-bond donors (Lipinski definition) is 1. The fourth-order valence-corrected chi connectivity index (χ4v) is 3.29. The molecule has 5 heteroatoms. The van der Waals surface area contributed by atoms with Crippen LogP contribution in [0.5, 0.6) is 0 Å². The Morgan fingerprint density at radius 1 is 1.11 bits per heavy atom. The minimum Gasteiger partial charge on any atom is -0.464 e. The summed E-state index contributed by atoms with van der Waals surface area (Å²) < 4.78 is 4.63. The molecule has 1 N–H and O–H groups in total. The zero-order chi connectivity index (χ0) is 20.8. The minimum atomic E-state index is -1.70. The van der Waals surface area contributed by atoms with Crippen molar-refractivity contribution in [2.45, 2.75) is 71.3 Å². The maximum absolute atomic E-state index is 12.1. The Bertz CT molecular complexity index is 588. The van der Waals surface area contributed by atoms with Gasteiger partial charge in [0.1, 0.15) is 5.78 Å². The Kier molecular flexibility index (Phi) is 12.1. The molecule has 1 aliphatic rings. The van der Waals surface area contributed by atoms with E-state index in [1.54, 1.807) is 6.92 Å². The summed E-state index contributed by atoms with van der Waals surface area (Å²) in [5, 5.41) is 9.56. The SMILES string of the molecule is CCC=CCCC=C[C@H]1CCC(=O)[C@@H]1CC=CCCC(=O)C(O)C(=O)OCC. The van der Waals surface area contributed by atoms with Crippen LogP contribution in [0, 0.1) is 11.8 Å². The number of hydrogen-bond acceptors (Lipinski definition) is 5. The molecule has 0 saturated heterocycles. The van der Waals surface area contributed by atoms with Gasteiger partial charge in [-0.05, 0) is 51.4 Å². The third kappa shape index (κ3) is 8.79. The largest absolute Gasteiger partial charge is 0.464 e. The molecule has 0 amide bonds. The molecule has 1 rings (SSSR count). The number of Topliss-reactive ketones (excluding diaryl/α,β-unsaturated/α-hetero) is 2. The molecular weight excluding hydrogens is 356 g/mol. The highest BCUT2D eigenvalue weighted by Gasteiger charge is 2.31. The molecule has 0 aromatic rings. The molecule has 1 fully saturated rings. The lowest BCUT2D eigenvalue weighted by Crippen LogP contribution is -2.31. The van der Waals surface area contributed by atoms with Crippen LogP contribution in [0.4, 0.5) is 0 Å². The van der Waals surface area contributed by atoms with Crippen LogP contribution in [0.3, 0.4) is 0 Å². The zero-order valence-electron chi connectivity index (χ0n) is 17.1. The van der Waals surface area contributed by atoms with Gasteiger partial charge in [0.2, 0.25) is 6.10 Å². The first kappa shape index (κ1) is 24.0. The van der Waals surface area contributed by atoms with Crippen LogP contribution < -0.4 is 0 Å². The van der Waals surface area contributed by atoms with Crippen molar-refractivity contribution in [1.82, 2.24) is 0 Å². The molecule has 0 aliphatic heterocycles. The van der Waals surface area contributed by atoms with Gasteiger partial charge in [-0.15, -0.1) is 0 Å². The van der Waals surface area contributed by atoms with Crippen LogP contribution in [-0.4, -0.2) is 35.4 Å². The molecule has 0 heterocycles. The number of allylic oxidation sites excluding steroid dienone is 6. The minimum absolute atomic E-state index is 0.0134. The average Bonchev–Trinajstić information content (AvgIpc) is 3.03. The smallest absolute Gasteiger partial charge is 0.342 e. The number of ketones is 2. The molecule has 0 bridgehead atoms. The molecule has 5 nitrogen and oxygen atoms in total. The van der Waals surface area contributed by atoms with Crippen molar-refractivity contribution in [2.24, 2.45) is 11.8 Å². The van der Waals surface area contributed by atoms with Gasteiger partial charge in [0.05, 0.1) is 6.61 Å². The third-order valence-electron chi connectivity index (χ3n) is 4.87. The number of ether oxygens (including phenoxy) is 1. The summed E-state index contributed by atoms with van der Waals surface area (Å²) in [7, 11) is 0. The van der Waals surface area contributed by atoms with E-state index in [0.717, 1.165) is 25.7 Å². The summed E-state index contributed by atoms with van der Waals surface area (Å²) in [5.41, 5.74) is 0. The van der Waals surface area contributed by atoms with Gasteiger partial charge < -0.3 is 9.84 Å². The normalized spacial score (nSPS) is 21.2. The first-order valence-corrected chi connectivity index (χ1v) is 10.4. The Hall–Kier alpha value is -2.01. The third-order valence-corrected chi connectivity index (χ3v) is 4.87. The molecule has 1 unspecified atom stereocenters. The topological polar surface area (TPSA) is 80.7 Å². The van der Waals surface area contributed by atoms with Crippen molar-refractivity contribution in [3.8, 4) is 0 Å². The maximum atomic E-state index is 12.1. The molecule has 0 spiro atoms. The molecule has 3 atom stereocenters. The number of aliphatic hydroxyl groups excluding tert-OH is 1. The highest BCUT2D eigenvalue weighted by atomic mass is 16.5. The monoisotopic (exact) mass is 390 g/mol. The molecule has 156 valence electrons. The van der Waals surface area contributed by atoms with E-state index in [1.807, 2.05) is 12.2 Å². The quantitative estimate of drug-likeness (QED) is 0.222. The molecule has 1 aliphatic carbocycles. The lowest BCUT2D eigenvalue weighted by Gasteiger charge is -2.12. The maximum Gasteiger partial charge on any atom is 0.342 e. The van der Waals surface area contributed by atoms with E-state index in [2.05, 4.69) is 36.0 Å². The summed E-state index contributed by atoms with van der Waals surface area (Å²) >= 11 is 0. The van der Waals surface area contributed by atoms with Gasteiger partial charge in [0, 0.05) is 18.8 Å². The second kappa shape index (κ2) is 14.1. The van der Waals surface area contributed by atoms with Gasteiger partial charge in [0.25, 0.3) is 0 Å². The molecule has 0 aromatic carbocycles. The van der Waals surface area contributed by atoms with Crippen LogP contribution in [0.15, 0.2) is 36.5 Å². The van der Waals surface area contributed by atoms with E-state index < -0.39 is 17.9 Å². The summed E-state index contributed by atoms with van der Waals surface area (Å²) in [6, 6.07) is 0. The van der Waals surface area contributed by atoms with Gasteiger partial charge in [-0.3, -0.25) is 9.59 Å². The van der Waals surface area contributed by atoms with Crippen LogP contribution in [0.25, 0.3) is 0 Å². The number of aliphatic hydroxyl groups is 1. The molecule has 0 radical (unpaired) electrons. The summed E-state index contributed by atoms with van der Waals surface area (Å²) in [4.78, 5) is 35.2. The predicted molar refractivity (Wildman–Crippen MR) is 110 cm³/mol. The summed E-state index contributed by atoms with van der Waals surface area (Å²) in [6.07, 6.45) is 16.6. The van der Waals surface area contributed by atoms with Gasteiger partial charge in [-0.2, -0.15) is 0 Å². The van der Waals surface area contributed by atoms with E-state index in [1.165, 1.54) is 0 Å². The van der Waals surface area contributed by atoms with E-state index in [9.17, 15) is 19.5 Å². The Balaban J connectivity index is 2.37. The molecule has 0 aromatic heterocycles. The van der Waals surface area contributed by atoms with Gasteiger partial charge in [0.15, 0.2) is 5.78 Å². The fourth-order valence-electron chi connectivity index (χ4n) is 3.29. The van der Waals surface area contributed by atoms with E-state index in [0.29, 0.717) is 31.0 Å². The van der Waals surface area contributed by atoms with Crippen molar-refractivity contribution in [3.63, 3.8) is 0 Å². The van der Waals surface area contributed by atoms with E-state index >= 15 is 0 Å². The Morgan fingerprint density at radius 3 is 2.54 bits per heavy atom. The average molecular weight is 391 g/mol. The van der Waals surface area contributed by atoms with Crippen molar-refractivity contribution in [1.29, 1.82) is 0 Å². The lowest BCUT2D eigenvalue weighted by atomic mass is 9.91. The number of carbonyl (C=O) groups is 3. The van der Waals surface area contributed by atoms with Crippen LogP contribution >= 0.6 is 0 Å². The number of esters is 1. The van der Waals surface area contributed by atoms with E-state index in [-0.39, 0.29) is 18.9 Å². The lowest BCUT2D eigenvalue weighted by molar-refractivity contribution is -0.157. The second-order valence-electron chi connectivity index (χ2n) is 7.03. The summed E-state index contributed by atoms with van der Waals surface area (Å²) in [5.74, 6) is -0.830. The van der Waals surface area contributed by atoms with Crippen molar-refractivity contribution >= 4 is 17.5 Å². The van der Waals surface area contributed by atoms with Crippen molar-refractivity contribution in [2.75, 3.05) is 6.61 Å². The van der Waals surface area contributed by atoms with Crippen LogP contribution in [-0.2, 0) is 19.1 Å². The Morgan fingerprint density at radius 2 is 1.82 bits per heavy atom. The first-order chi connectivity index (χ1) is 13.5. The zero-order valence-corrected chi connectivity index (χ0v) is 17.1.